The summed E-state index contributed by atoms with van der Waals surface area (Å²) in [5.74, 6) is 0. The Hall–Kier alpha value is -3.09. The number of aromatic amines is 1. The van der Waals surface area contributed by atoms with Crippen LogP contribution in [0, 0.1) is 6.92 Å². The van der Waals surface area contributed by atoms with E-state index in [-0.39, 0.29) is 4.90 Å². The van der Waals surface area contributed by atoms with Gasteiger partial charge in [0.15, 0.2) is 0 Å². The molecule has 0 aliphatic heterocycles. The molecule has 0 saturated carbocycles. The molecule has 6 heteroatoms. The van der Waals surface area contributed by atoms with E-state index in [0.717, 1.165) is 21.1 Å². The number of fused-ring (bicyclic) bond motifs is 1. The van der Waals surface area contributed by atoms with Gasteiger partial charge >= 0.3 is 0 Å². The Morgan fingerprint density at radius 3 is 2.32 bits per heavy atom. The van der Waals surface area contributed by atoms with E-state index in [0.29, 0.717) is 16.6 Å². The van der Waals surface area contributed by atoms with E-state index < -0.39 is 10.0 Å². The van der Waals surface area contributed by atoms with E-state index in [1.165, 1.54) is 7.11 Å². The van der Waals surface area contributed by atoms with Crippen molar-refractivity contribution in [2.45, 2.75) is 11.8 Å². The van der Waals surface area contributed by atoms with E-state index in [1.54, 1.807) is 18.3 Å². The van der Waals surface area contributed by atoms with E-state index in [1.807, 2.05) is 67.6 Å². The normalized spacial score (nSPS) is 11.6. The first-order valence-electron chi connectivity index (χ1n) is 8.84. The molecule has 0 aliphatic carbocycles. The maximum absolute atomic E-state index is 13.8. The number of nitrogens with one attached hydrogen (secondary N) is 1. The number of benzene rings is 3. The van der Waals surface area contributed by atoms with Crippen molar-refractivity contribution in [3.63, 3.8) is 0 Å². The second-order valence-corrected chi connectivity index (χ2v) is 8.19. The van der Waals surface area contributed by atoms with E-state index in [2.05, 4.69) is 4.98 Å². The Kier molecular flexibility index (Phi) is 4.66. The zero-order valence-electron chi connectivity index (χ0n) is 15.6. The maximum atomic E-state index is 13.8. The van der Waals surface area contributed by atoms with Crippen LogP contribution in [0.3, 0.4) is 0 Å². The molecule has 142 valence electrons. The van der Waals surface area contributed by atoms with Gasteiger partial charge in [-0.1, -0.05) is 54.1 Å². The fourth-order valence-electron chi connectivity index (χ4n) is 3.32. The van der Waals surface area contributed by atoms with Crippen molar-refractivity contribution in [3.8, 4) is 11.3 Å². The van der Waals surface area contributed by atoms with Gasteiger partial charge < -0.3 is 4.98 Å². The smallest absolute Gasteiger partial charge is 0.288 e. The fraction of sp³-hybridized carbons (Fsp3) is 0.0909. The maximum Gasteiger partial charge on any atom is 0.288 e. The third-order valence-corrected chi connectivity index (χ3v) is 6.41. The molecule has 0 amide bonds. The first kappa shape index (κ1) is 18.3. The highest BCUT2D eigenvalue weighted by Gasteiger charge is 2.30. The molecule has 0 atom stereocenters. The van der Waals surface area contributed by atoms with Gasteiger partial charge in [-0.25, -0.2) is 0 Å². The number of hydrogen-bond acceptors (Lipinski definition) is 3. The Morgan fingerprint density at radius 2 is 1.64 bits per heavy atom. The topological polar surface area (TPSA) is 62.4 Å². The number of sulfonamides is 1. The number of aryl methyl sites for hydroxylation is 1. The van der Waals surface area contributed by atoms with Gasteiger partial charge in [0.1, 0.15) is 4.90 Å². The van der Waals surface area contributed by atoms with Crippen molar-refractivity contribution in [3.05, 3.63) is 84.6 Å². The van der Waals surface area contributed by atoms with Crippen LogP contribution in [0.1, 0.15) is 5.56 Å². The summed E-state index contributed by atoms with van der Waals surface area (Å²) >= 11 is 0. The summed E-state index contributed by atoms with van der Waals surface area (Å²) in [5.41, 5.74) is 2.80. The highest BCUT2D eigenvalue weighted by molar-refractivity contribution is 7.93. The van der Waals surface area contributed by atoms with Crippen LogP contribution < -0.4 is 4.47 Å². The average Bonchev–Trinajstić information content (AvgIpc) is 3.23. The zero-order chi connectivity index (χ0) is 19.7. The average molecular weight is 392 g/mol. The van der Waals surface area contributed by atoms with Crippen molar-refractivity contribution in [1.82, 2.24) is 4.98 Å². The van der Waals surface area contributed by atoms with Gasteiger partial charge in [-0.15, -0.1) is 4.47 Å². The summed E-state index contributed by atoms with van der Waals surface area (Å²) in [6.07, 6.45) is 1.77. The summed E-state index contributed by atoms with van der Waals surface area (Å²) in [7, 11) is -2.65. The lowest BCUT2D eigenvalue weighted by Gasteiger charge is -2.24. The van der Waals surface area contributed by atoms with E-state index in [4.69, 9.17) is 4.84 Å². The van der Waals surface area contributed by atoms with Crippen LogP contribution in [0.2, 0.25) is 0 Å². The second-order valence-electron chi connectivity index (χ2n) is 6.50. The molecule has 0 fully saturated rings. The van der Waals surface area contributed by atoms with Gasteiger partial charge in [0.2, 0.25) is 0 Å². The highest BCUT2D eigenvalue weighted by Crippen LogP contribution is 2.36. The summed E-state index contributed by atoms with van der Waals surface area (Å²) in [4.78, 5) is 8.67. The predicted molar refractivity (Wildman–Crippen MR) is 112 cm³/mol. The highest BCUT2D eigenvalue weighted by atomic mass is 32.2. The summed E-state index contributed by atoms with van der Waals surface area (Å²) in [5, 5.41) is 1.49. The molecule has 1 heterocycles. The van der Waals surface area contributed by atoms with E-state index in [9.17, 15) is 8.42 Å². The van der Waals surface area contributed by atoms with Gasteiger partial charge in [-0.3, -0.25) is 4.84 Å². The molecule has 0 bridgehead atoms. The van der Waals surface area contributed by atoms with Crippen LogP contribution in [0.15, 0.2) is 83.9 Å². The van der Waals surface area contributed by atoms with Crippen molar-refractivity contribution in [2.75, 3.05) is 11.6 Å². The number of nitrogens with zero attached hydrogens (tertiary/aromatic N) is 1. The molecule has 1 aromatic heterocycles. The van der Waals surface area contributed by atoms with Gasteiger partial charge in [-0.2, -0.15) is 8.42 Å². The van der Waals surface area contributed by atoms with Crippen molar-refractivity contribution in [1.29, 1.82) is 0 Å². The molecular weight excluding hydrogens is 372 g/mol. The molecule has 0 spiro atoms. The van der Waals surface area contributed by atoms with Gasteiger partial charge in [-0.05, 0) is 36.6 Å². The number of anilines is 1. The molecule has 0 aliphatic rings. The van der Waals surface area contributed by atoms with Crippen molar-refractivity contribution >= 4 is 26.5 Å². The fourth-order valence-corrected chi connectivity index (χ4v) is 5.00. The number of aromatic nitrogens is 1. The second kappa shape index (κ2) is 7.14. The minimum absolute atomic E-state index is 0.204. The van der Waals surface area contributed by atoms with Crippen LogP contribution in [-0.2, 0) is 14.9 Å². The van der Waals surface area contributed by atoms with Crippen LogP contribution in [0.5, 0.6) is 0 Å². The Labute approximate surface area is 164 Å². The number of rotatable bonds is 5. The summed E-state index contributed by atoms with van der Waals surface area (Å²) in [6.45, 7) is 1.95. The molecule has 4 rings (SSSR count). The Balaban J connectivity index is 2.00. The SMILES string of the molecule is CON(c1ccc(C)cc1)S(=O)(=O)c1c(-c2ccc[nH]2)ccc2ccccc12. The summed E-state index contributed by atoms with van der Waals surface area (Å²) in [6, 6.07) is 22.1. The zero-order valence-corrected chi connectivity index (χ0v) is 16.4. The van der Waals surface area contributed by atoms with Crippen molar-refractivity contribution < 1.29 is 13.3 Å². The van der Waals surface area contributed by atoms with Crippen LogP contribution >= 0.6 is 0 Å². The minimum atomic E-state index is -4.01. The van der Waals surface area contributed by atoms with Gasteiger partial charge in [0, 0.05) is 22.8 Å². The predicted octanol–water partition coefficient (Wildman–Crippen LogP) is 4.90. The van der Waals surface area contributed by atoms with Gasteiger partial charge in [0.25, 0.3) is 10.0 Å². The largest absolute Gasteiger partial charge is 0.361 e. The van der Waals surface area contributed by atoms with Crippen LogP contribution in [-0.4, -0.2) is 20.5 Å². The molecular formula is C22H20N2O3S. The quantitative estimate of drug-likeness (QED) is 0.491. The minimum Gasteiger partial charge on any atom is -0.361 e. The molecule has 0 radical (unpaired) electrons. The molecule has 4 aromatic rings. The molecule has 28 heavy (non-hydrogen) atoms. The molecule has 3 aromatic carbocycles. The van der Waals surface area contributed by atoms with Crippen molar-refractivity contribution in [2.24, 2.45) is 0 Å². The lowest BCUT2D eigenvalue weighted by atomic mass is 10.1. The number of H-pyrrole nitrogens is 1. The van der Waals surface area contributed by atoms with E-state index >= 15 is 0 Å². The van der Waals surface area contributed by atoms with Crippen LogP contribution in [0.4, 0.5) is 5.69 Å². The molecule has 5 nitrogen and oxygen atoms in total. The third-order valence-electron chi connectivity index (χ3n) is 4.65. The lowest BCUT2D eigenvalue weighted by molar-refractivity contribution is 0.216. The first-order chi connectivity index (χ1) is 13.5. The molecule has 1 N–H and O–H groups in total. The summed E-state index contributed by atoms with van der Waals surface area (Å²) < 4.78 is 28.5. The monoisotopic (exact) mass is 392 g/mol. The van der Waals surface area contributed by atoms with Crippen LogP contribution in [0.25, 0.3) is 22.0 Å². The molecule has 0 saturated heterocycles. The first-order valence-corrected chi connectivity index (χ1v) is 10.3. The Bertz CT molecular complexity index is 1210. The number of hydrogen-bond donors (Lipinski definition) is 1. The standard InChI is InChI=1S/C22H20N2O3S/c1-16-9-12-18(13-10-16)24(27-2)28(25,26)22-19-7-4-3-6-17(19)11-14-20(22)21-8-5-15-23-21/h3-15,23H,1-2H3. The Morgan fingerprint density at radius 1 is 0.893 bits per heavy atom. The molecule has 0 unspecified atom stereocenters. The van der Waals surface area contributed by atoms with Gasteiger partial charge in [0.05, 0.1) is 12.8 Å². The lowest BCUT2D eigenvalue weighted by Crippen LogP contribution is -2.30. The third kappa shape index (κ3) is 3.06.